The van der Waals surface area contributed by atoms with Crippen LogP contribution in [0, 0.1) is 0 Å². The number of alkyl halides is 3. The number of amides is 1. The van der Waals surface area contributed by atoms with Gasteiger partial charge in [0.1, 0.15) is 0 Å². The first-order valence-electron chi connectivity index (χ1n) is 11.9. The minimum absolute atomic E-state index is 0.00221. The smallest absolute Gasteiger partial charge is 0.362 e. The molecule has 2 N–H and O–H groups in total. The van der Waals surface area contributed by atoms with E-state index in [0.717, 1.165) is 23.4 Å². The maximum absolute atomic E-state index is 13.6. The van der Waals surface area contributed by atoms with E-state index in [-0.39, 0.29) is 29.4 Å². The van der Waals surface area contributed by atoms with Crippen LogP contribution < -0.4 is 10.6 Å². The van der Waals surface area contributed by atoms with Gasteiger partial charge in [-0.25, -0.2) is 0 Å². The number of ketones is 1. The summed E-state index contributed by atoms with van der Waals surface area (Å²) in [6.07, 6.45) is -2.07. The monoisotopic (exact) mass is 503 g/mol. The lowest BCUT2D eigenvalue weighted by Crippen LogP contribution is -2.37. The van der Waals surface area contributed by atoms with Gasteiger partial charge in [0, 0.05) is 40.8 Å². The third kappa shape index (κ3) is 4.91. The number of benzene rings is 2. The number of aromatic nitrogens is 1. The number of rotatable bonds is 4. The second kappa shape index (κ2) is 9.69. The molecule has 1 aliphatic heterocycles. The minimum Gasteiger partial charge on any atom is -0.362 e. The van der Waals surface area contributed by atoms with Crippen molar-refractivity contribution in [2.24, 2.45) is 0 Å². The van der Waals surface area contributed by atoms with Gasteiger partial charge in [-0.3, -0.25) is 14.6 Å². The molecule has 188 valence electrons. The van der Waals surface area contributed by atoms with Crippen LogP contribution in [0.1, 0.15) is 48.4 Å². The molecule has 0 unspecified atom stereocenters. The van der Waals surface area contributed by atoms with Crippen LogP contribution >= 0.6 is 0 Å². The molecular formula is C29H24F3N3O2. The second-order valence-corrected chi connectivity index (χ2v) is 9.22. The number of halogens is 3. The van der Waals surface area contributed by atoms with Gasteiger partial charge in [0.2, 0.25) is 0 Å². The third-order valence-electron chi connectivity index (χ3n) is 6.77. The highest BCUT2D eigenvalue weighted by Crippen LogP contribution is 2.45. The molecule has 0 radical (unpaired) electrons. The van der Waals surface area contributed by atoms with Crippen molar-refractivity contribution in [1.82, 2.24) is 10.3 Å². The molecule has 2 aliphatic rings. The Morgan fingerprint density at radius 2 is 1.76 bits per heavy atom. The largest absolute Gasteiger partial charge is 0.416 e. The van der Waals surface area contributed by atoms with E-state index in [2.05, 4.69) is 15.6 Å². The number of pyridine rings is 1. The highest BCUT2D eigenvalue weighted by molar-refractivity contribution is 6.09. The Balaban J connectivity index is 1.52. The number of hydrogen-bond donors (Lipinski definition) is 2. The maximum atomic E-state index is 13.6. The van der Waals surface area contributed by atoms with Gasteiger partial charge in [0.15, 0.2) is 5.78 Å². The van der Waals surface area contributed by atoms with E-state index in [1.54, 1.807) is 31.3 Å². The summed E-state index contributed by atoms with van der Waals surface area (Å²) in [6.45, 7) is 1.73. The molecule has 2 aromatic carbocycles. The molecule has 8 heteroatoms. The highest BCUT2D eigenvalue weighted by Gasteiger charge is 2.41. The molecule has 0 fully saturated rings. The van der Waals surface area contributed by atoms with Gasteiger partial charge in [0.05, 0.1) is 17.2 Å². The number of carbonyl (C=O) groups is 2. The number of dihydropyridines is 1. The van der Waals surface area contributed by atoms with E-state index < -0.39 is 23.6 Å². The predicted octanol–water partition coefficient (Wildman–Crippen LogP) is 6.10. The topological polar surface area (TPSA) is 71.1 Å². The predicted molar refractivity (Wildman–Crippen MR) is 133 cm³/mol. The van der Waals surface area contributed by atoms with Gasteiger partial charge >= 0.3 is 6.18 Å². The first-order valence-corrected chi connectivity index (χ1v) is 11.9. The van der Waals surface area contributed by atoms with Crippen LogP contribution in [0.3, 0.4) is 0 Å². The zero-order valence-corrected chi connectivity index (χ0v) is 20.0. The van der Waals surface area contributed by atoms with Gasteiger partial charge in [0.25, 0.3) is 5.91 Å². The summed E-state index contributed by atoms with van der Waals surface area (Å²) in [5.74, 6) is -1.43. The number of anilines is 1. The summed E-state index contributed by atoms with van der Waals surface area (Å²) in [4.78, 5) is 31.6. The van der Waals surface area contributed by atoms with Crippen LogP contribution in [0.5, 0.6) is 0 Å². The van der Waals surface area contributed by atoms with Crippen molar-refractivity contribution in [2.75, 3.05) is 5.32 Å². The van der Waals surface area contributed by atoms with Gasteiger partial charge in [-0.15, -0.1) is 0 Å². The SMILES string of the molecule is CC1=C(C(=O)Nc2cccc(C(F)(F)F)c2)[C@H](c2ccccn2)C2=C(C[C@H](c3ccccc3)CC2=O)N1. The standard InChI is InChI=1S/C29H24F3N3O2/c1-17-25(28(37)35-21-11-7-10-20(16-21)29(30,31)32)27(22-12-5-6-13-33-22)26-23(34-17)14-19(15-24(26)36)18-8-3-2-4-9-18/h2-13,16,19,27,34H,14-15H2,1H3,(H,35,37)/t19-,27-/m0/s1. The van der Waals surface area contributed by atoms with Crippen molar-refractivity contribution in [3.63, 3.8) is 0 Å². The van der Waals surface area contributed by atoms with E-state index in [1.807, 2.05) is 30.3 Å². The van der Waals surface area contributed by atoms with Gasteiger partial charge in [-0.05, 0) is 55.2 Å². The summed E-state index contributed by atoms with van der Waals surface area (Å²) >= 11 is 0. The van der Waals surface area contributed by atoms with Crippen molar-refractivity contribution < 1.29 is 22.8 Å². The molecule has 2 heterocycles. The van der Waals surface area contributed by atoms with Crippen molar-refractivity contribution in [1.29, 1.82) is 0 Å². The zero-order valence-electron chi connectivity index (χ0n) is 20.0. The molecule has 0 saturated carbocycles. The summed E-state index contributed by atoms with van der Waals surface area (Å²) in [7, 11) is 0. The Hall–Kier alpha value is -4.20. The summed E-state index contributed by atoms with van der Waals surface area (Å²) < 4.78 is 39.6. The molecule has 3 aromatic rings. The van der Waals surface area contributed by atoms with Crippen molar-refractivity contribution >= 4 is 17.4 Å². The quantitative estimate of drug-likeness (QED) is 0.451. The minimum atomic E-state index is -4.54. The van der Waals surface area contributed by atoms with E-state index in [0.29, 0.717) is 23.4 Å². The molecule has 5 nitrogen and oxygen atoms in total. The fourth-order valence-corrected chi connectivity index (χ4v) is 5.12. The molecule has 5 rings (SSSR count). The van der Waals surface area contributed by atoms with E-state index in [1.165, 1.54) is 12.1 Å². The Bertz CT molecular complexity index is 1410. The van der Waals surface area contributed by atoms with Gasteiger partial charge < -0.3 is 10.6 Å². The van der Waals surface area contributed by atoms with Gasteiger partial charge in [-0.2, -0.15) is 13.2 Å². The van der Waals surface area contributed by atoms with E-state index >= 15 is 0 Å². The van der Waals surface area contributed by atoms with Crippen LogP contribution in [0.2, 0.25) is 0 Å². The molecule has 0 spiro atoms. The first-order chi connectivity index (χ1) is 17.7. The zero-order chi connectivity index (χ0) is 26.2. The fraction of sp³-hybridized carbons (Fsp3) is 0.207. The molecule has 2 atom stereocenters. The fourth-order valence-electron chi connectivity index (χ4n) is 5.12. The highest BCUT2D eigenvalue weighted by atomic mass is 19.4. The number of allylic oxidation sites excluding steroid dienone is 3. The molecule has 37 heavy (non-hydrogen) atoms. The lowest BCUT2D eigenvalue weighted by Gasteiger charge is -2.36. The number of carbonyl (C=O) groups excluding carboxylic acids is 2. The maximum Gasteiger partial charge on any atom is 0.416 e. The van der Waals surface area contributed by atoms with Crippen molar-refractivity contribution in [3.8, 4) is 0 Å². The number of hydrogen-bond acceptors (Lipinski definition) is 4. The Labute approximate surface area is 212 Å². The Morgan fingerprint density at radius 1 is 1.00 bits per heavy atom. The first kappa shape index (κ1) is 24.5. The summed E-state index contributed by atoms with van der Waals surface area (Å²) in [5.41, 5.74) is 2.74. The lowest BCUT2D eigenvalue weighted by molar-refractivity contribution is -0.137. The number of Topliss-reactive ketones (excluding diaryl/α,β-unsaturated/α-hetero) is 1. The summed E-state index contributed by atoms with van der Waals surface area (Å²) in [5, 5.41) is 5.87. The average Bonchev–Trinajstić information content (AvgIpc) is 2.88. The number of nitrogens with zero attached hydrogens (tertiary/aromatic N) is 1. The third-order valence-corrected chi connectivity index (χ3v) is 6.77. The van der Waals surface area contributed by atoms with Crippen LogP contribution in [0.4, 0.5) is 18.9 Å². The normalized spacial score (nSPS) is 19.8. The van der Waals surface area contributed by atoms with Crippen LogP contribution in [-0.2, 0) is 15.8 Å². The van der Waals surface area contributed by atoms with Gasteiger partial charge in [-0.1, -0.05) is 42.5 Å². The lowest BCUT2D eigenvalue weighted by atomic mass is 9.72. The molecule has 1 amide bonds. The molecule has 1 aliphatic carbocycles. The average molecular weight is 504 g/mol. The number of nitrogens with one attached hydrogen (secondary N) is 2. The summed E-state index contributed by atoms with van der Waals surface area (Å²) in [6, 6.07) is 19.6. The molecule has 0 bridgehead atoms. The van der Waals surface area contributed by atoms with E-state index in [9.17, 15) is 22.8 Å². The van der Waals surface area contributed by atoms with E-state index in [4.69, 9.17) is 0 Å². The molecular weight excluding hydrogens is 479 g/mol. The Morgan fingerprint density at radius 3 is 2.46 bits per heavy atom. The molecule has 1 aromatic heterocycles. The molecule has 0 saturated heterocycles. The van der Waals surface area contributed by atoms with Crippen LogP contribution in [0.25, 0.3) is 0 Å². The van der Waals surface area contributed by atoms with Crippen molar-refractivity contribution in [2.45, 2.75) is 37.8 Å². The Kier molecular flexibility index (Phi) is 6.41. The van der Waals surface area contributed by atoms with Crippen molar-refractivity contribution in [3.05, 3.63) is 118 Å². The van der Waals surface area contributed by atoms with Crippen LogP contribution in [-0.4, -0.2) is 16.7 Å². The second-order valence-electron chi connectivity index (χ2n) is 9.22. The van der Waals surface area contributed by atoms with Crippen LogP contribution in [0.15, 0.2) is 102 Å².